The highest BCUT2D eigenvalue weighted by Gasteiger charge is 2.16. The van der Waals surface area contributed by atoms with Crippen molar-refractivity contribution in [3.63, 3.8) is 0 Å². The SMILES string of the molecule is Cc1ccc(-c2c(C)sc3ncnc(NCCC(=O)NCCC4=CCCCC4)c23)cc1. The molecule has 0 bridgehead atoms. The fourth-order valence-electron chi connectivity index (χ4n) is 4.12. The van der Waals surface area contributed by atoms with Crippen molar-refractivity contribution in [3.05, 3.63) is 52.7 Å². The van der Waals surface area contributed by atoms with Gasteiger partial charge in [-0.3, -0.25) is 4.79 Å². The Labute approximate surface area is 188 Å². The molecule has 1 aliphatic carbocycles. The summed E-state index contributed by atoms with van der Waals surface area (Å²) in [5, 5.41) is 7.47. The number of anilines is 1. The smallest absolute Gasteiger partial charge is 0.221 e. The molecule has 0 unspecified atom stereocenters. The predicted octanol–water partition coefficient (Wildman–Crippen LogP) is 5.78. The van der Waals surface area contributed by atoms with Crippen LogP contribution >= 0.6 is 11.3 Å². The number of carbonyl (C=O) groups is 1. The lowest BCUT2D eigenvalue weighted by atomic mass is 9.97. The van der Waals surface area contributed by atoms with Gasteiger partial charge in [-0.2, -0.15) is 0 Å². The molecule has 2 N–H and O–H groups in total. The fourth-order valence-corrected chi connectivity index (χ4v) is 5.14. The van der Waals surface area contributed by atoms with Gasteiger partial charge in [-0.25, -0.2) is 9.97 Å². The first-order valence-electron chi connectivity index (χ1n) is 11.1. The van der Waals surface area contributed by atoms with Crippen LogP contribution in [0, 0.1) is 13.8 Å². The van der Waals surface area contributed by atoms with E-state index in [0.29, 0.717) is 13.0 Å². The molecule has 5 nitrogen and oxygen atoms in total. The molecule has 3 aromatic rings. The van der Waals surface area contributed by atoms with Gasteiger partial charge in [-0.15, -0.1) is 11.3 Å². The Morgan fingerprint density at radius 3 is 2.71 bits per heavy atom. The van der Waals surface area contributed by atoms with Crippen LogP contribution in [0.5, 0.6) is 0 Å². The molecule has 0 saturated carbocycles. The zero-order valence-corrected chi connectivity index (χ0v) is 19.1. The highest BCUT2D eigenvalue weighted by molar-refractivity contribution is 7.19. The molecule has 4 rings (SSSR count). The van der Waals surface area contributed by atoms with E-state index in [1.807, 2.05) is 0 Å². The molecule has 0 aliphatic heterocycles. The summed E-state index contributed by atoms with van der Waals surface area (Å²) in [7, 11) is 0. The predicted molar refractivity (Wildman–Crippen MR) is 130 cm³/mol. The Kier molecular flexibility index (Phi) is 6.97. The summed E-state index contributed by atoms with van der Waals surface area (Å²) < 4.78 is 0. The second kappa shape index (κ2) is 10.1. The number of hydrogen-bond donors (Lipinski definition) is 2. The molecule has 1 aromatic carbocycles. The van der Waals surface area contributed by atoms with E-state index < -0.39 is 0 Å². The van der Waals surface area contributed by atoms with E-state index in [4.69, 9.17) is 0 Å². The summed E-state index contributed by atoms with van der Waals surface area (Å²) in [6.45, 7) is 5.49. The zero-order chi connectivity index (χ0) is 21.6. The Hall–Kier alpha value is -2.73. The number of nitrogens with zero attached hydrogens (tertiary/aromatic N) is 2. The Morgan fingerprint density at radius 2 is 1.94 bits per heavy atom. The topological polar surface area (TPSA) is 66.9 Å². The van der Waals surface area contributed by atoms with Crippen LogP contribution in [0.3, 0.4) is 0 Å². The van der Waals surface area contributed by atoms with Crippen LogP contribution in [-0.4, -0.2) is 29.0 Å². The normalized spacial score (nSPS) is 13.8. The van der Waals surface area contributed by atoms with Crippen LogP contribution in [0.25, 0.3) is 21.3 Å². The van der Waals surface area contributed by atoms with E-state index in [1.54, 1.807) is 17.7 Å². The molecule has 31 heavy (non-hydrogen) atoms. The number of rotatable bonds is 8. The van der Waals surface area contributed by atoms with Crippen LogP contribution in [0.15, 0.2) is 42.2 Å². The maximum absolute atomic E-state index is 12.3. The molecule has 0 atom stereocenters. The molecule has 1 amide bonds. The minimum Gasteiger partial charge on any atom is -0.369 e. The van der Waals surface area contributed by atoms with Crippen molar-refractivity contribution in [3.8, 4) is 11.1 Å². The largest absolute Gasteiger partial charge is 0.369 e. The van der Waals surface area contributed by atoms with Crippen LogP contribution < -0.4 is 10.6 Å². The van der Waals surface area contributed by atoms with E-state index in [9.17, 15) is 4.79 Å². The van der Waals surface area contributed by atoms with Gasteiger partial charge >= 0.3 is 0 Å². The van der Waals surface area contributed by atoms with Gasteiger partial charge in [0.1, 0.15) is 17.0 Å². The molecule has 6 heteroatoms. The number of thiophene rings is 1. The summed E-state index contributed by atoms with van der Waals surface area (Å²) in [6.07, 6.45) is 10.3. The van der Waals surface area contributed by atoms with Gasteiger partial charge < -0.3 is 10.6 Å². The van der Waals surface area contributed by atoms with Crippen molar-refractivity contribution >= 4 is 33.3 Å². The van der Waals surface area contributed by atoms with Gasteiger partial charge in [-0.1, -0.05) is 41.5 Å². The molecular weight excluding hydrogens is 404 g/mol. The van der Waals surface area contributed by atoms with Crippen LogP contribution in [-0.2, 0) is 4.79 Å². The Bertz CT molecular complexity index is 1080. The number of hydrogen-bond acceptors (Lipinski definition) is 5. The van der Waals surface area contributed by atoms with Gasteiger partial charge in [0.05, 0.1) is 5.39 Å². The molecule has 0 spiro atoms. The second-order valence-corrected chi connectivity index (χ2v) is 9.39. The summed E-state index contributed by atoms with van der Waals surface area (Å²) in [6, 6.07) is 8.55. The number of carbonyl (C=O) groups excluding carboxylic acids is 1. The summed E-state index contributed by atoms with van der Waals surface area (Å²) in [4.78, 5) is 23.4. The molecule has 0 radical (unpaired) electrons. The summed E-state index contributed by atoms with van der Waals surface area (Å²) in [5.41, 5.74) is 5.07. The van der Waals surface area contributed by atoms with E-state index in [1.165, 1.54) is 52.8 Å². The summed E-state index contributed by atoms with van der Waals surface area (Å²) in [5.74, 6) is 0.875. The molecule has 0 saturated heterocycles. The molecule has 2 heterocycles. The third kappa shape index (κ3) is 5.31. The maximum atomic E-state index is 12.3. The number of aromatic nitrogens is 2. The maximum Gasteiger partial charge on any atom is 0.221 e. The fraction of sp³-hybridized carbons (Fsp3) is 0.400. The first kappa shape index (κ1) is 21.5. The van der Waals surface area contributed by atoms with Gasteiger partial charge in [0, 0.05) is 30.0 Å². The average Bonchev–Trinajstić information content (AvgIpc) is 3.12. The summed E-state index contributed by atoms with van der Waals surface area (Å²) >= 11 is 1.68. The molecule has 162 valence electrons. The minimum atomic E-state index is 0.0782. The van der Waals surface area contributed by atoms with Gasteiger partial charge in [0.2, 0.25) is 5.91 Å². The molecule has 1 aliphatic rings. The second-order valence-electron chi connectivity index (χ2n) is 8.19. The van der Waals surface area contributed by atoms with Crippen molar-refractivity contribution in [2.75, 3.05) is 18.4 Å². The van der Waals surface area contributed by atoms with E-state index >= 15 is 0 Å². The minimum absolute atomic E-state index is 0.0782. The molecule has 2 aromatic heterocycles. The van der Waals surface area contributed by atoms with Crippen molar-refractivity contribution < 1.29 is 4.79 Å². The highest BCUT2D eigenvalue weighted by Crippen LogP contribution is 2.40. The highest BCUT2D eigenvalue weighted by atomic mass is 32.1. The lowest BCUT2D eigenvalue weighted by Gasteiger charge is -2.13. The first-order valence-corrected chi connectivity index (χ1v) is 11.9. The van der Waals surface area contributed by atoms with Gasteiger partial charge in [0.25, 0.3) is 0 Å². The number of allylic oxidation sites excluding steroid dienone is 1. The molecule has 0 fully saturated rings. The van der Waals surface area contributed by atoms with Crippen LogP contribution in [0.1, 0.15) is 49.0 Å². The van der Waals surface area contributed by atoms with Crippen molar-refractivity contribution in [2.24, 2.45) is 0 Å². The number of amides is 1. The van der Waals surface area contributed by atoms with Gasteiger partial charge in [-0.05, 0) is 51.5 Å². The van der Waals surface area contributed by atoms with E-state index in [-0.39, 0.29) is 5.91 Å². The molecular formula is C25H30N4OS. The lowest BCUT2D eigenvalue weighted by Crippen LogP contribution is -2.26. The Morgan fingerprint density at radius 1 is 1.10 bits per heavy atom. The number of aryl methyl sites for hydroxylation is 2. The number of nitrogens with one attached hydrogen (secondary N) is 2. The standard InChI is InChI=1S/C25H30N4OS/c1-17-8-10-20(11-9-17)22-18(2)31-25-23(22)24(28-16-29-25)27-15-13-21(30)26-14-12-19-6-4-3-5-7-19/h6,8-11,16H,3-5,7,12-15H2,1-2H3,(H,26,30)(H,27,28,29). The van der Waals surface area contributed by atoms with Crippen molar-refractivity contribution in [1.82, 2.24) is 15.3 Å². The average molecular weight is 435 g/mol. The number of benzene rings is 1. The van der Waals surface area contributed by atoms with Crippen molar-refractivity contribution in [1.29, 1.82) is 0 Å². The first-order chi connectivity index (χ1) is 15.1. The Balaban J connectivity index is 1.39. The van der Waals surface area contributed by atoms with Crippen LogP contribution in [0.4, 0.5) is 5.82 Å². The third-order valence-electron chi connectivity index (χ3n) is 5.80. The van der Waals surface area contributed by atoms with E-state index in [0.717, 1.165) is 29.0 Å². The van der Waals surface area contributed by atoms with E-state index in [2.05, 4.69) is 64.8 Å². The third-order valence-corrected chi connectivity index (χ3v) is 6.82. The van der Waals surface area contributed by atoms with Gasteiger partial charge in [0.15, 0.2) is 0 Å². The van der Waals surface area contributed by atoms with Crippen LogP contribution in [0.2, 0.25) is 0 Å². The number of fused-ring (bicyclic) bond motifs is 1. The van der Waals surface area contributed by atoms with Crippen molar-refractivity contribution in [2.45, 2.75) is 52.4 Å². The monoisotopic (exact) mass is 434 g/mol. The zero-order valence-electron chi connectivity index (χ0n) is 18.3. The quantitative estimate of drug-likeness (QED) is 0.441. The lowest BCUT2D eigenvalue weighted by molar-refractivity contribution is -0.120.